The van der Waals surface area contributed by atoms with Crippen LogP contribution >= 0.6 is 0 Å². The van der Waals surface area contributed by atoms with Gasteiger partial charge in [0.1, 0.15) is 12.4 Å². The molecule has 1 heterocycles. The van der Waals surface area contributed by atoms with E-state index >= 15 is 0 Å². The minimum Gasteiger partial charge on any atom is -0.508 e. The number of nitrogens with zero attached hydrogens (tertiary/aromatic N) is 1. The highest BCUT2D eigenvalue weighted by Crippen LogP contribution is 2.19. The van der Waals surface area contributed by atoms with E-state index < -0.39 is 34.1 Å². The number of carbonyl (C=O) groups is 2. The molecule has 1 aliphatic heterocycles. The molecular formula is C18H22N2O7S. The van der Waals surface area contributed by atoms with Crippen molar-refractivity contribution >= 4 is 27.5 Å². The van der Waals surface area contributed by atoms with Crippen LogP contribution in [0.2, 0.25) is 0 Å². The zero-order valence-corrected chi connectivity index (χ0v) is 16.4. The van der Waals surface area contributed by atoms with Crippen molar-refractivity contribution in [3.05, 3.63) is 41.2 Å². The van der Waals surface area contributed by atoms with Crippen molar-refractivity contribution in [2.75, 3.05) is 32.9 Å². The van der Waals surface area contributed by atoms with Gasteiger partial charge in [0.15, 0.2) is 5.78 Å². The van der Waals surface area contributed by atoms with E-state index in [0.717, 1.165) is 0 Å². The molecule has 0 saturated carbocycles. The molecule has 0 radical (unpaired) electrons. The number of morpholine rings is 1. The second-order valence-electron chi connectivity index (χ2n) is 6.12. The maximum absolute atomic E-state index is 12.7. The highest BCUT2D eigenvalue weighted by atomic mass is 32.2. The number of hydrogen-bond donors (Lipinski definition) is 2. The van der Waals surface area contributed by atoms with Crippen molar-refractivity contribution in [2.24, 2.45) is 0 Å². The Bertz CT molecular complexity index is 900. The summed E-state index contributed by atoms with van der Waals surface area (Å²) in [5, 5.41) is 17.4. The molecule has 0 atom stereocenters. The quantitative estimate of drug-likeness (QED) is 0.299. The Morgan fingerprint density at radius 3 is 2.46 bits per heavy atom. The van der Waals surface area contributed by atoms with Crippen LogP contribution in [-0.2, 0) is 24.3 Å². The predicted octanol–water partition coefficient (Wildman–Crippen LogP) is 1.31. The van der Waals surface area contributed by atoms with Gasteiger partial charge in [-0.1, -0.05) is 6.07 Å². The Labute approximate surface area is 163 Å². The van der Waals surface area contributed by atoms with Crippen molar-refractivity contribution in [2.45, 2.75) is 18.7 Å². The second-order valence-corrected chi connectivity index (χ2v) is 8.06. The number of ether oxygens (including phenoxy) is 2. The van der Waals surface area contributed by atoms with Crippen LogP contribution in [0.1, 0.15) is 24.2 Å². The summed E-state index contributed by atoms with van der Waals surface area (Å²) >= 11 is 0. The fourth-order valence-corrected chi connectivity index (χ4v) is 4.15. The van der Waals surface area contributed by atoms with E-state index in [1.807, 2.05) is 0 Å². The molecule has 2 N–H and O–H groups in total. The Hall–Kier alpha value is -2.56. The summed E-state index contributed by atoms with van der Waals surface area (Å²) in [6.07, 6.45) is 0. The molecule has 1 aliphatic rings. The summed E-state index contributed by atoms with van der Waals surface area (Å²) in [6.45, 7) is 2.97. The number of esters is 1. The van der Waals surface area contributed by atoms with Gasteiger partial charge in [-0.2, -0.15) is 4.31 Å². The van der Waals surface area contributed by atoms with Gasteiger partial charge in [-0.25, -0.2) is 13.2 Å². The number of aliphatic hydroxyl groups excluding tert-OH is 1. The van der Waals surface area contributed by atoms with Gasteiger partial charge in [0.05, 0.1) is 29.2 Å². The Kier molecular flexibility index (Phi) is 7.05. The number of allylic oxidation sites excluding steroid dienone is 1. The third-order valence-electron chi connectivity index (χ3n) is 4.03. The van der Waals surface area contributed by atoms with Gasteiger partial charge in [0.25, 0.3) is 0 Å². The number of hydrogen-bond acceptors (Lipinski definition) is 8. The lowest BCUT2D eigenvalue weighted by atomic mass is 10.1. The minimum absolute atomic E-state index is 0.0157. The molecule has 1 aromatic carbocycles. The molecule has 2 rings (SSSR count). The maximum atomic E-state index is 12.7. The molecule has 152 valence electrons. The fourth-order valence-electron chi connectivity index (χ4n) is 2.69. The number of Topliss-reactive ketones (excluding diaryl/α,β-unsaturated/α-hetero) is 1. The van der Waals surface area contributed by atoms with Gasteiger partial charge in [0.2, 0.25) is 10.0 Å². The molecule has 0 unspecified atom stereocenters. The van der Waals surface area contributed by atoms with E-state index in [-0.39, 0.29) is 34.8 Å². The van der Waals surface area contributed by atoms with Gasteiger partial charge in [-0.15, -0.1) is 0 Å². The van der Waals surface area contributed by atoms with Crippen molar-refractivity contribution in [3.8, 4) is 0 Å². The second kappa shape index (κ2) is 9.09. The molecule has 0 amide bonds. The molecule has 28 heavy (non-hydrogen) atoms. The lowest BCUT2D eigenvalue weighted by Gasteiger charge is -2.26. The number of rotatable bonds is 7. The molecule has 1 aromatic rings. The first-order valence-electron chi connectivity index (χ1n) is 8.48. The van der Waals surface area contributed by atoms with Crippen molar-refractivity contribution < 1.29 is 32.6 Å². The van der Waals surface area contributed by atoms with Crippen molar-refractivity contribution in [3.63, 3.8) is 0 Å². The van der Waals surface area contributed by atoms with Gasteiger partial charge in [-0.3, -0.25) is 4.79 Å². The van der Waals surface area contributed by atoms with Crippen LogP contribution in [-0.4, -0.2) is 68.2 Å². The average molecular weight is 410 g/mol. The third kappa shape index (κ3) is 5.03. The van der Waals surface area contributed by atoms with Crippen LogP contribution < -0.4 is 0 Å². The zero-order chi connectivity index (χ0) is 20.9. The summed E-state index contributed by atoms with van der Waals surface area (Å²) in [5.74, 6) is -1.93. The summed E-state index contributed by atoms with van der Waals surface area (Å²) < 4.78 is 36.7. The Morgan fingerprint density at radius 1 is 1.25 bits per heavy atom. The number of sulfonamides is 1. The number of carbonyl (C=O) groups excluding carboxylic acids is 2. The SMILES string of the molecule is CC(=N)/C(C(C)=O)=C(/O)COC(=O)c1cccc(S(=O)(=O)N2CCOCC2)c1. The van der Waals surface area contributed by atoms with E-state index in [1.165, 1.54) is 42.4 Å². The predicted molar refractivity (Wildman–Crippen MR) is 100 cm³/mol. The number of nitrogens with one attached hydrogen (secondary N) is 1. The van der Waals surface area contributed by atoms with E-state index in [1.54, 1.807) is 0 Å². The summed E-state index contributed by atoms with van der Waals surface area (Å²) in [6, 6.07) is 5.38. The maximum Gasteiger partial charge on any atom is 0.338 e. The van der Waals surface area contributed by atoms with Crippen LogP contribution in [0.5, 0.6) is 0 Å². The third-order valence-corrected chi connectivity index (χ3v) is 5.93. The van der Waals surface area contributed by atoms with Gasteiger partial charge < -0.3 is 20.0 Å². The highest BCUT2D eigenvalue weighted by Gasteiger charge is 2.27. The number of aliphatic hydroxyl groups is 1. The van der Waals surface area contributed by atoms with E-state index in [0.29, 0.717) is 13.2 Å². The summed E-state index contributed by atoms with van der Waals surface area (Å²) in [5.41, 5.74) is -0.394. The zero-order valence-electron chi connectivity index (χ0n) is 15.6. The normalized spacial score (nSPS) is 16.2. The fraction of sp³-hybridized carbons (Fsp3) is 0.389. The monoisotopic (exact) mass is 410 g/mol. The van der Waals surface area contributed by atoms with Crippen LogP contribution in [0.15, 0.2) is 40.5 Å². The average Bonchev–Trinajstić information content (AvgIpc) is 2.66. The lowest BCUT2D eigenvalue weighted by Crippen LogP contribution is -2.40. The Balaban J connectivity index is 2.17. The minimum atomic E-state index is -3.77. The molecule has 0 aromatic heterocycles. The molecule has 0 spiro atoms. The van der Waals surface area contributed by atoms with E-state index in [9.17, 15) is 23.1 Å². The van der Waals surface area contributed by atoms with Crippen LogP contribution in [0.4, 0.5) is 0 Å². The van der Waals surface area contributed by atoms with E-state index in [2.05, 4.69) is 0 Å². The topological polar surface area (TPSA) is 134 Å². The number of benzene rings is 1. The molecule has 0 aliphatic carbocycles. The lowest BCUT2D eigenvalue weighted by molar-refractivity contribution is -0.113. The largest absolute Gasteiger partial charge is 0.508 e. The van der Waals surface area contributed by atoms with Crippen molar-refractivity contribution in [1.29, 1.82) is 5.41 Å². The van der Waals surface area contributed by atoms with Gasteiger partial charge in [0, 0.05) is 18.8 Å². The standard InChI is InChI=1S/C18H22N2O7S/c1-12(19)17(13(2)21)16(22)11-27-18(23)14-4-3-5-15(10-14)28(24,25)20-6-8-26-9-7-20/h3-5,10,19,22H,6-9,11H2,1-2H3/b17-16-,19-12?. The van der Waals surface area contributed by atoms with Crippen LogP contribution in [0.25, 0.3) is 0 Å². The Morgan fingerprint density at radius 2 is 1.89 bits per heavy atom. The first kappa shape index (κ1) is 21.7. The molecule has 1 fully saturated rings. The van der Waals surface area contributed by atoms with Gasteiger partial charge >= 0.3 is 5.97 Å². The smallest absolute Gasteiger partial charge is 0.338 e. The summed E-state index contributed by atoms with van der Waals surface area (Å²) in [4.78, 5) is 23.7. The molecule has 10 heteroatoms. The first-order chi connectivity index (χ1) is 13.1. The van der Waals surface area contributed by atoms with Gasteiger partial charge in [-0.05, 0) is 32.0 Å². The van der Waals surface area contributed by atoms with Crippen LogP contribution in [0.3, 0.4) is 0 Å². The summed E-state index contributed by atoms with van der Waals surface area (Å²) in [7, 11) is -3.77. The van der Waals surface area contributed by atoms with Crippen LogP contribution in [0, 0.1) is 5.41 Å². The van der Waals surface area contributed by atoms with Crippen molar-refractivity contribution in [1.82, 2.24) is 4.31 Å². The molecular weight excluding hydrogens is 388 g/mol. The molecule has 9 nitrogen and oxygen atoms in total. The molecule has 1 saturated heterocycles. The van der Waals surface area contributed by atoms with E-state index in [4.69, 9.17) is 14.9 Å². The number of ketones is 1. The molecule has 0 bridgehead atoms. The first-order valence-corrected chi connectivity index (χ1v) is 9.92. The highest BCUT2D eigenvalue weighted by molar-refractivity contribution is 7.89.